The minimum atomic E-state index is -0.201. The first-order valence-corrected chi connectivity index (χ1v) is 7.97. The SMILES string of the molecule is Cc1nc2cc(C(=O)Nc3ccn(C)n3)ccc2n1-c1ccccc1. The molecule has 4 aromatic rings. The summed E-state index contributed by atoms with van der Waals surface area (Å²) in [5.41, 5.74) is 3.36. The molecule has 0 saturated heterocycles. The average Bonchev–Trinajstić information content (AvgIpc) is 3.16. The maximum Gasteiger partial charge on any atom is 0.256 e. The van der Waals surface area contributed by atoms with Gasteiger partial charge in [-0.25, -0.2) is 4.98 Å². The van der Waals surface area contributed by atoms with Crippen molar-refractivity contribution in [2.75, 3.05) is 5.32 Å². The van der Waals surface area contributed by atoms with Crippen molar-refractivity contribution in [1.29, 1.82) is 0 Å². The van der Waals surface area contributed by atoms with E-state index in [4.69, 9.17) is 0 Å². The van der Waals surface area contributed by atoms with E-state index in [0.29, 0.717) is 11.4 Å². The van der Waals surface area contributed by atoms with Gasteiger partial charge in [-0.05, 0) is 37.3 Å². The highest BCUT2D eigenvalue weighted by molar-refractivity contribution is 6.05. The Bertz CT molecular complexity index is 1060. The summed E-state index contributed by atoms with van der Waals surface area (Å²) in [5, 5.41) is 6.95. The molecular weight excluding hydrogens is 314 g/mol. The summed E-state index contributed by atoms with van der Waals surface area (Å²) in [6, 6.07) is 17.3. The number of carbonyl (C=O) groups excluding carboxylic acids is 1. The molecule has 2 aromatic carbocycles. The van der Waals surface area contributed by atoms with Crippen molar-refractivity contribution in [1.82, 2.24) is 19.3 Å². The minimum absolute atomic E-state index is 0.201. The van der Waals surface area contributed by atoms with E-state index in [1.165, 1.54) is 0 Å². The second kappa shape index (κ2) is 5.90. The third-order valence-corrected chi connectivity index (χ3v) is 4.05. The second-order valence-electron chi connectivity index (χ2n) is 5.86. The van der Waals surface area contributed by atoms with Crippen LogP contribution in [0, 0.1) is 6.92 Å². The predicted molar refractivity (Wildman–Crippen MR) is 97.0 cm³/mol. The Kier molecular flexibility index (Phi) is 3.57. The molecule has 0 aliphatic carbocycles. The lowest BCUT2D eigenvalue weighted by Gasteiger charge is -2.07. The summed E-state index contributed by atoms with van der Waals surface area (Å²) in [6.07, 6.45) is 1.78. The molecule has 0 unspecified atom stereocenters. The maximum absolute atomic E-state index is 12.4. The van der Waals surface area contributed by atoms with Crippen LogP contribution in [0.15, 0.2) is 60.8 Å². The minimum Gasteiger partial charge on any atom is -0.305 e. The van der Waals surface area contributed by atoms with Crippen molar-refractivity contribution in [2.45, 2.75) is 6.92 Å². The number of para-hydroxylation sites is 1. The number of nitrogens with one attached hydrogen (secondary N) is 1. The number of aromatic nitrogens is 4. The first-order chi connectivity index (χ1) is 12.1. The molecule has 0 fully saturated rings. The monoisotopic (exact) mass is 331 g/mol. The first kappa shape index (κ1) is 15.1. The number of nitrogens with zero attached hydrogens (tertiary/aromatic N) is 4. The molecule has 0 saturated carbocycles. The van der Waals surface area contributed by atoms with Crippen molar-refractivity contribution >= 4 is 22.8 Å². The molecule has 25 heavy (non-hydrogen) atoms. The summed E-state index contributed by atoms with van der Waals surface area (Å²) in [6.45, 7) is 1.96. The number of hydrogen-bond acceptors (Lipinski definition) is 3. The van der Waals surface area contributed by atoms with Crippen molar-refractivity contribution in [3.8, 4) is 5.69 Å². The fraction of sp³-hybridized carbons (Fsp3) is 0.105. The number of imidazole rings is 1. The van der Waals surface area contributed by atoms with Gasteiger partial charge in [0.25, 0.3) is 5.91 Å². The topological polar surface area (TPSA) is 64.7 Å². The zero-order valence-electron chi connectivity index (χ0n) is 14.0. The van der Waals surface area contributed by atoms with Gasteiger partial charge in [0.1, 0.15) is 5.82 Å². The Hall–Kier alpha value is -3.41. The van der Waals surface area contributed by atoms with E-state index < -0.39 is 0 Å². The smallest absolute Gasteiger partial charge is 0.256 e. The maximum atomic E-state index is 12.4. The standard InChI is InChI=1S/C19H17N5O/c1-13-20-16-12-14(19(25)21-18-10-11-23(2)22-18)8-9-17(16)24(13)15-6-4-3-5-7-15/h3-12H,1-2H3,(H,21,22,25). The summed E-state index contributed by atoms with van der Waals surface area (Å²) in [4.78, 5) is 17.0. The van der Waals surface area contributed by atoms with E-state index in [2.05, 4.69) is 20.0 Å². The molecule has 2 heterocycles. The molecule has 1 N–H and O–H groups in total. The van der Waals surface area contributed by atoms with Crippen molar-refractivity contribution in [3.63, 3.8) is 0 Å². The molecule has 124 valence electrons. The van der Waals surface area contributed by atoms with Crippen LogP contribution in [0.3, 0.4) is 0 Å². The van der Waals surface area contributed by atoms with Crippen LogP contribution in [0.2, 0.25) is 0 Å². The predicted octanol–water partition coefficient (Wildman–Crippen LogP) is 3.32. The first-order valence-electron chi connectivity index (χ1n) is 7.97. The van der Waals surface area contributed by atoms with Crippen LogP contribution in [0.25, 0.3) is 16.7 Å². The number of aryl methyl sites for hydroxylation is 2. The number of benzene rings is 2. The van der Waals surface area contributed by atoms with Crippen LogP contribution in [-0.4, -0.2) is 25.2 Å². The van der Waals surface area contributed by atoms with Crippen molar-refractivity contribution in [3.05, 3.63) is 72.2 Å². The molecule has 0 aliphatic heterocycles. The lowest BCUT2D eigenvalue weighted by atomic mass is 10.2. The third-order valence-electron chi connectivity index (χ3n) is 4.05. The number of fused-ring (bicyclic) bond motifs is 1. The van der Waals surface area contributed by atoms with E-state index in [-0.39, 0.29) is 5.91 Å². The molecule has 1 amide bonds. The fourth-order valence-corrected chi connectivity index (χ4v) is 2.92. The highest BCUT2D eigenvalue weighted by atomic mass is 16.1. The Morgan fingerprint density at radius 2 is 1.88 bits per heavy atom. The number of carbonyl (C=O) groups is 1. The van der Waals surface area contributed by atoms with Crippen LogP contribution >= 0.6 is 0 Å². The van der Waals surface area contributed by atoms with Gasteiger partial charge in [-0.2, -0.15) is 5.10 Å². The molecular formula is C19H17N5O. The van der Waals surface area contributed by atoms with Gasteiger partial charge >= 0.3 is 0 Å². The summed E-state index contributed by atoms with van der Waals surface area (Å²) < 4.78 is 3.72. The van der Waals surface area contributed by atoms with E-state index in [1.54, 1.807) is 36.1 Å². The normalized spacial score (nSPS) is 11.0. The number of hydrogen-bond donors (Lipinski definition) is 1. The highest BCUT2D eigenvalue weighted by Crippen LogP contribution is 2.22. The number of anilines is 1. The van der Waals surface area contributed by atoms with Crippen LogP contribution in [-0.2, 0) is 7.05 Å². The molecule has 4 rings (SSSR count). The number of amides is 1. The molecule has 0 bridgehead atoms. The number of rotatable bonds is 3. The molecule has 0 atom stereocenters. The fourth-order valence-electron chi connectivity index (χ4n) is 2.92. The largest absolute Gasteiger partial charge is 0.305 e. The summed E-state index contributed by atoms with van der Waals surface area (Å²) in [7, 11) is 1.81. The van der Waals surface area contributed by atoms with Crippen LogP contribution in [0.4, 0.5) is 5.82 Å². The van der Waals surface area contributed by atoms with Gasteiger partial charge in [-0.1, -0.05) is 18.2 Å². The molecule has 0 aliphatic rings. The molecule has 2 aromatic heterocycles. The van der Waals surface area contributed by atoms with E-state index in [9.17, 15) is 4.79 Å². The van der Waals surface area contributed by atoms with E-state index >= 15 is 0 Å². The van der Waals surface area contributed by atoms with Gasteiger partial charge in [0.2, 0.25) is 0 Å². The summed E-state index contributed by atoms with van der Waals surface area (Å²) >= 11 is 0. The third kappa shape index (κ3) is 2.78. The lowest BCUT2D eigenvalue weighted by Crippen LogP contribution is -2.12. The van der Waals surface area contributed by atoms with Gasteiger partial charge < -0.3 is 5.32 Å². The Balaban J connectivity index is 1.71. The average molecular weight is 331 g/mol. The Morgan fingerprint density at radius 1 is 1.08 bits per heavy atom. The van der Waals surface area contributed by atoms with Gasteiger partial charge in [-0.3, -0.25) is 14.0 Å². The van der Waals surface area contributed by atoms with Gasteiger partial charge in [0.05, 0.1) is 11.0 Å². The lowest BCUT2D eigenvalue weighted by molar-refractivity contribution is 0.102. The van der Waals surface area contributed by atoms with Gasteiger partial charge in [0.15, 0.2) is 5.82 Å². The van der Waals surface area contributed by atoms with Crippen LogP contribution < -0.4 is 5.32 Å². The summed E-state index contributed by atoms with van der Waals surface area (Å²) in [5.74, 6) is 1.20. The van der Waals surface area contributed by atoms with Crippen molar-refractivity contribution in [2.24, 2.45) is 7.05 Å². The van der Waals surface area contributed by atoms with E-state index in [1.807, 2.05) is 43.3 Å². The zero-order valence-corrected chi connectivity index (χ0v) is 14.0. The Morgan fingerprint density at radius 3 is 2.60 bits per heavy atom. The van der Waals surface area contributed by atoms with Gasteiger partial charge in [0, 0.05) is 30.6 Å². The van der Waals surface area contributed by atoms with Crippen molar-refractivity contribution < 1.29 is 4.79 Å². The molecule has 0 spiro atoms. The Labute approximate surface area is 144 Å². The highest BCUT2D eigenvalue weighted by Gasteiger charge is 2.13. The second-order valence-corrected chi connectivity index (χ2v) is 5.86. The van der Waals surface area contributed by atoms with E-state index in [0.717, 1.165) is 22.5 Å². The molecule has 6 heteroatoms. The van der Waals surface area contributed by atoms with Crippen LogP contribution in [0.5, 0.6) is 0 Å². The quantitative estimate of drug-likeness (QED) is 0.626. The molecule has 6 nitrogen and oxygen atoms in total. The van der Waals surface area contributed by atoms with Gasteiger partial charge in [-0.15, -0.1) is 0 Å². The zero-order chi connectivity index (χ0) is 17.4. The molecule has 0 radical (unpaired) electrons. The van der Waals surface area contributed by atoms with Crippen LogP contribution in [0.1, 0.15) is 16.2 Å².